The first-order chi connectivity index (χ1) is 13.9. The van der Waals surface area contributed by atoms with Gasteiger partial charge in [0.05, 0.1) is 12.5 Å². The molecule has 1 aliphatic rings. The number of ether oxygens (including phenoxy) is 2. The minimum atomic E-state index is -0.711. The van der Waals surface area contributed by atoms with Crippen LogP contribution in [0.2, 0.25) is 0 Å². The van der Waals surface area contributed by atoms with Crippen molar-refractivity contribution in [3.8, 4) is 5.75 Å². The van der Waals surface area contributed by atoms with Crippen LogP contribution in [0.15, 0.2) is 23.0 Å². The molecule has 3 aromatic rings. The van der Waals surface area contributed by atoms with Gasteiger partial charge < -0.3 is 9.47 Å². The van der Waals surface area contributed by atoms with Gasteiger partial charge in [0.15, 0.2) is 24.0 Å². The smallest absolute Gasteiger partial charge is 0.349 e. The number of ketones is 1. The molecule has 0 amide bonds. The van der Waals surface area contributed by atoms with Gasteiger partial charge in [0.25, 0.3) is 5.56 Å². The molecule has 0 atom stereocenters. The summed E-state index contributed by atoms with van der Waals surface area (Å²) in [7, 11) is 1.32. The Morgan fingerprint density at radius 1 is 1.34 bits per heavy atom. The van der Waals surface area contributed by atoms with E-state index in [0.717, 1.165) is 36.1 Å². The first kappa shape index (κ1) is 19.3. The Morgan fingerprint density at radius 2 is 2.14 bits per heavy atom. The number of thiophene rings is 1. The Hall–Kier alpha value is -3.07. The van der Waals surface area contributed by atoms with Gasteiger partial charge in [-0.1, -0.05) is 0 Å². The number of carbonyl (C=O) groups is 2. The molecule has 29 heavy (non-hydrogen) atoms. The second-order valence-electron chi connectivity index (χ2n) is 6.67. The second-order valence-corrected chi connectivity index (χ2v) is 7.67. The number of aryl methyl sites for hydroxylation is 2. The Kier molecular flexibility index (Phi) is 4.91. The van der Waals surface area contributed by atoms with E-state index in [1.807, 2.05) is 0 Å². The number of nitrogens with zero attached hydrogens (tertiary/aromatic N) is 2. The summed E-state index contributed by atoms with van der Waals surface area (Å²) in [5.41, 5.74) is 0.415. The SMILES string of the molecule is COc1ccc(C(=O)COC(=O)c2sc3nc4n(c(=O)c3c2C)CCC4)cc1F. The third kappa shape index (κ3) is 3.31. The summed E-state index contributed by atoms with van der Waals surface area (Å²) in [5.74, 6) is -1.19. The molecule has 0 spiro atoms. The van der Waals surface area contributed by atoms with Crippen LogP contribution in [0, 0.1) is 12.7 Å². The normalized spacial score (nSPS) is 12.8. The Balaban J connectivity index is 1.54. The van der Waals surface area contributed by atoms with Crippen molar-refractivity contribution in [1.82, 2.24) is 9.55 Å². The van der Waals surface area contributed by atoms with Crippen LogP contribution in [-0.4, -0.2) is 35.0 Å². The molecule has 0 aliphatic carbocycles. The molecule has 3 heterocycles. The number of rotatable bonds is 5. The first-order valence-electron chi connectivity index (χ1n) is 8.97. The van der Waals surface area contributed by atoms with Crippen molar-refractivity contribution in [2.24, 2.45) is 0 Å². The van der Waals surface area contributed by atoms with E-state index in [4.69, 9.17) is 9.47 Å². The summed E-state index contributed by atoms with van der Waals surface area (Å²) < 4.78 is 25.3. The van der Waals surface area contributed by atoms with Crippen molar-refractivity contribution in [2.75, 3.05) is 13.7 Å². The average Bonchev–Trinajstić information content (AvgIpc) is 3.31. The fraction of sp³-hybridized carbons (Fsp3) is 0.300. The molecular formula is C20H17FN2O5S. The lowest BCUT2D eigenvalue weighted by molar-refractivity contribution is 0.0479. The summed E-state index contributed by atoms with van der Waals surface area (Å²) in [6, 6.07) is 3.76. The molecule has 0 N–H and O–H groups in total. The van der Waals surface area contributed by atoms with Crippen molar-refractivity contribution in [2.45, 2.75) is 26.3 Å². The fourth-order valence-electron chi connectivity index (χ4n) is 3.39. The quantitative estimate of drug-likeness (QED) is 0.470. The number of fused-ring (bicyclic) bond motifs is 2. The third-order valence-electron chi connectivity index (χ3n) is 4.91. The lowest BCUT2D eigenvalue weighted by atomic mass is 10.1. The lowest BCUT2D eigenvalue weighted by Crippen LogP contribution is -2.20. The lowest BCUT2D eigenvalue weighted by Gasteiger charge is -2.06. The summed E-state index contributed by atoms with van der Waals surface area (Å²) in [4.78, 5) is 42.7. The second kappa shape index (κ2) is 7.40. The van der Waals surface area contributed by atoms with E-state index in [1.54, 1.807) is 11.5 Å². The monoisotopic (exact) mass is 416 g/mol. The van der Waals surface area contributed by atoms with Crippen LogP contribution in [0.3, 0.4) is 0 Å². The maximum Gasteiger partial charge on any atom is 0.349 e. The van der Waals surface area contributed by atoms with Crippen molar-refractivity contribution >= 4 is 33.3 Å². The number of carbonyl (C=O) groups excluding carboxylic acids is 2. The average molecular weight is 416 g/mol. The van der Waals surface area contributed by atoms with Gasteiger partial charge in [-0.05, 0) is 37.1 Å². The summed E-state index contributed by atoms with van der Waals surface area (Å²) in [6.07, 6.45) is 1.61. The molecule has 1 aliphatic heterocycles. The number of hydrogen-bond acceptors (Lipinski definition) is 7. The molecule has 0 saturated carbocycles. The van der Waals surface area contributed by atoms with E-state index in [0.29, 0.717) is 22.3 Å². The molecule has 7 nitrogen and oxygen atoms in total. The standard InChI is InChI=1S/C20H17FN2O5S/c1-10-16-18(22-15-4-3-7-23(15)19(16)25)29-17(10)20(26)28-9-13(24)11-5-6-14(27-2)12(21)8-11/h5-6,8H,3-4,7,9H2,1-2H3. The molecular weight excluding hydrogens is 399 g/mol. The number of hydrogen-bond donors (Lipinski definition) is 0. The van der Waals surface area contributed by atoms with Gasteiger partial charge in [0, 0.05) is 18.5 Å². The van der Waals surface area contributed by atoms with Crippen LogP contribution in [0.4, 0.5) is 4.39 Å². The highest BCUT2D eigenvalue weighted by Crippen LogP contribution is 2.29. The van der Waals surface area contributed by atoms with Crippen molar-refractivity contribution in [3.05, 3.63) is 56.2 Å². The van der Waals surface area contributed by atoms with Crippen LogP contribution in [0.1, 0.15) is 37.8 Å². The van der Waals surface area contributed by atoms with Gasteiger partial charge >= 0.3 is 5.97 Å². The van der Waals surface area contributed by atoms with Gasteiger partial charge in [0.1, 0.15) is 15.5 Å². The van der Waals surface area contributed by atoms with E-state index in [2.05, 4.69) is 4.98 Å². The Bertz CT molecular complexity index is 1210. The topological polar surface area (TPSA) is 87.5 Å². The first-order valence-corrected chi connectivity index (χ1v) is 9.79. The van der Waals surface area contributed by atoms with Gasteiger partial charge in [-0.25, -0.2) is 14.2 Å². The van der Waals surface area contributed by atoms with Crippen LogP contribution in [0.25, 0.3) is 10.2 Å². The Labute approximate surface area is 168 Å². The molecule has 0 radical (unpaired) electrons. The molecule has 2 aromatic heterocycles. The van der Waals surface area contributed by atoms with Crippen LogP contribution in [-0.2, 0) is 17.7 Å². The minimum Gasteiger partial charge on any atom is -0.494 e. The zero-order valence-corrected chi connectivity index (χ0v) is 16.6. The molecule has 1 aromatic carbocycles. The molecule has 4 rings (SSSR count). The maximum atomic E-state index is 13.8. The Morgan fingerprint density at radius 3 is 2.86 bits per heavy atom. The minimum absolute atomic E-state index is 0.0186. The molecule has 9 heteroatoms. The summed E-state index contributed by atoms with van der Waals surface area (Å²) in [5, 5.41) is 0.413. The molecule has 0 unspecified atom stereocenters. The molecule has 0 saturated heterocycles. The van der Waals surface area contributed by atoms with E-state index < -0.39 is 24.2 Å². The fourth-order valence-corrected chi connectivity index (χ4v) is 4.47. The summed E-state index contributed by atoms with van der Waals surface area (Å²) >= 11 is 1.08. The molecule has 0 fully saturated rings. The van der Waals surface area contributed by atoms with Gasteiger partial charge in [0.2, 0.25) is 0 Å². The zero-order valence-electron chi connectivity index (χ0n) is 15.8. The van der Waals surface area contributed by atoms with E-state index in [1.165, 1.54) is 19.2 Å². The maximum absolute atomic E-state index is 13.8. The predicted molar refractivity (Wildman–Crippen MR) is 105 cm³/mol. The third-order valence-corrected chi connectivity index (χ3v) is 6.07. The molecule has 0 bridgehead atoms. The highest BCUT2D eigenvalue weighted by atomic mass is 32.1. The van der Waals surface area contributed by atoms with Crippen LogP contribution < -0.4 is 10.3 Å². The van der Waals surface area contributed by atoms with E-state index in [9.17, 15) is 18.8 Å². The predicted octanol–water partition coefficient (Wildman–Crippen LogP) is 2.90. The van der Waals surface area contributed by atoms with Crippen molar-refractivity contribution < 1.29 is 23.5 Å². The van der Waals surface area contributed by atoms with E-state index >= 15 is 0 Å². The summed E-state index contributed by atoms with van der Waals surface area (Å²) in [6.45, 7) is 1.75. The van der Waals surface area contributed by atoms with Crippen LogP contribution >= 0.6 is 11.3 Å². The number of esters is 1. The van der Waals surface area contributed by atoms with Gasteiger partial charge in [-0.15, -0.1) is 11.3 Å². The number of Topliss-reactive ketones (excluding diaryl/α,β-unsaturated/α-hetero) is 1. The highest BCUT2D eigenvalue weighted by molar-refractivity contribution is 7.20. The van der Waals surface area contributed by atoms with Crippen molar-refractivity contribution in [1.29, 1.82) is 0 Å². The number of methoxy groups -OCH3 is 1. The van der Waals surface area contributed by atoms with Crippen molar-refractivity contribution in [3.63, 3.8) is 0 Å². The zero-order chi connectivity index (χ0) is 20.7. The largest absolute Gasteiger partial charge is 0.494 e. The van der Waals surface area contributed by atoms with Gasteiger partial charge in [-0.2, -0.15) is 0 Å². The van der Waals surface area contributed by atoms with E-state index in [-0.39, 0.29) is 21.7 Å². The van der Waals surface area contributed by atoms with Gasteiger partial charge in [-0.3, -0.25) is 14.2 Å². The molecule has 150 valence electrons. The van der Waals surface area contributed by atoms with Crippen LogP contribution in [0.5, 0.6) is 5.75 Å². The highest BCUT2D eigenvalue weighted by Gasteiger charge is 2.24. The number of benzene rings is 1. The number of aromatic nitrogens is 2. The number of halogens is 1.